The van der Waals surface area contributed by atoms with Crippen LogP contribution in [0.2, 0.25) is 0 Å². The zero-order chi connectivity index (χ0) is 13.2. The zero-order valence-corrected chi connectivity index (χ0v) is 12.0. The number of hydrogen-bond donors (Lipinski definition) is 1. The van der Waals surface area contributed by atoms with Gasteiger partial charge in [0.1, 0.15) is 0 Å². The lowest BCUT2D eigenvalue weighted by Crippen LogP contribution is -2.36. The molecule has 2 aromatic heterocycles. The van der Waals surface area contributed by atoms with Crippen LogP contribution in [0.5, 0.6) is 0 Å². The van der Waals surface area contributed by atoms with E-state index >= 15 is 0 Å². The normalized spacial score (nSPS) is 14.3. The van der Waals surface area contributed by atoms with E-state index in [0.717, 1.165) is 23.1 Å². The van der Waals surface area contributed by atoms with E-state index in [1.165, 1.54) is 11.3 Å². The molecule has 0 spiro atoms. The largest absolute Gasteiger partial charge is 0.353 e. The maximum Gasteiger partial charge on any atom is 0.227 e. The predicted octanol–water partition coefficient (Wildman–Crippen LogP) is 2.30. The summed E-state index contributed by atoms with van der Waals surface area (Å²) in [7, 11) is 0. The second-order valence-corrected chi connectivity index (χ2v) is 5.57. The molecule has 2 aromatic rings. The van der Waals surface area contributed by atoms with Crippen molar-refractivity contribution in [1.82, 2.24) is 14.9 Å². The molecule has 3 rings (SSSR count). The fourth-order valence-electron chi connectivity index (χ4n) is 2.40. The van der Waals surface area contributed by atoms with Gasteiger partial charge in [-0.05, 0) is 45.3 Å². The minimum Gasteiger partial charge on any atom is -0.353 e. The van der Waals surface area contributed by atoms with Gasteiger partial charge < -0.3 is 9.88 Å². The highest BCUT2D eigenvalue weighted by molar-refractivity contribution is 9.10. The molecule has 0 atom stereocenters. The molecule has 0 radical (unpaired) electrons. The first-order valence-electron chi connectivity index (χ1n) is 6.25. The molecule has 1 aliphatic heterocycles. The Kier molecular flexibility index (Phi) is 3.38. The van der Waals surface area contributed by atoms with Crippen LogP contribution in [0.25, 0.3) is 0 Å². The molecule has 4 nitrogen and oxygen atoms in total. The smallest absolute Gasteiger partial charge is 0.227 e. The van der Waals surface area contributed by atoms with Crippen LogP contribution < -0.4 is 0 Å². The van der Waals surface area contributed by atoms with Crippen LogP contribution in [0.1, 0.15) is 16.8 Å². The van der Waals surface area contributed by atoms with Gasteiger partial charge in [-0.2, -0.15) is 0 Å². The molecular weight excluding hydrogens is 306 g/mol. The van der Waals surface area contributed by atoms with Gasteiger partial charge in [-0.1, -0.05) is 0 Å². The summed E-state index contributed by atoms with van der Waals surface area (Å²) in [5, 5.41) is 0. The molecule has 0 aromatic carbocycles. The van der Waals surface area contributed by atoms with E-state index in [-0.39, 0.29) is 5.91 Å². The minimum absolute atomic E-state index is 0.175. The molecule has 0 aliphatic carbocycles. The van der Waals surface area contributed by atoms with E-state index in [0.29, 0.717) is 13.0 Å². The number of nitrogens with zero attached hydrogens (tertiary/aromatic N) is 2. The molecule has 1 amide bonds. The third kappa shape index (κ3) is 2.71. The quantitative estimate of drug-likeness (QED) is 0.923. The third-order valence-electron chi connectivity index (χ3n) is 3.41. The number of H-pyrrole nitrogens is 1. The highest BCUT2D eigenvalue weighted by atomic mass is 79.9. The number of pyridine rings is 1. The second kappa shape index (κ2) is 5.17. The maximum absolute atomic E-state index is 12.3. The lowest BCUT2D eigenvalue weighted by Gasteiger charge is -2.27. The van der Waals surface area contributed by atoms with Crippen molar-refractivity contribution >= 4 is 21.8 Å². The Morgan fingerprint density at radius 1 is 1.42 bits per heavy atom. The molecule has 19 heavy (non-hydrogen) atoms. The third-order valence-corrected chi connectivity index (χ3v) is 3.84. The van der Waals surface area contributed by atoms with Gasteiger partial charge in [0, 0.05) is 37.6 Å². The Morgan fingerprint density at radius 2 is 2.21 bits per heavy atom. The zero-order valence-electron chi connectivity index (χ0n) is 10.4. The van der Waals surface area contributed by atoms with Crippen LogP contribution in [-0.4, -0.2) is 27.3 Å². The van der Waals surface area contributed by atoms with E-state index in [9.17, 15) is 4.79 Å². The standard InChI is InChI=1S/C14H14BrN3O/c15-13-8-11-9-18(6-3-12(11)17-13)14(19)7-10-1-4-16-5-2-10/h1-2,4-5,8,17H,3,6-7,9H2. The number of rotatable bonds is 2. The fourth-order valence-corrected chi connectivity index (χ4v) is 2.91. The lowest BCUT2D eigenvalue weighted by molar-refractivity contribution is -0.131. The van der Waals surface area contributed by atoms with E-state index in [2.05, 4.69) is 32.0 Å². The van der Waals surface area contributed by atoms with Crippen molar-refractivity contribution in [2.45, 2.75) is 19.4 Å². The summed E-state index contributed by atoms with van der Waals surface area (Å²) in [6.07, 6.45) is 4.78. The summed E-state index contributed by atoms with van der Waals surface area (Å²) >= 11 is 3.44. The first-order chi connectivity index (χ1) is 9.22. The van der Waals surface area contributed by atoms with Gasteiger partial charge in [-0.15, -0.1) is 0 Å². The number of aromatic amines is 1. The van der Waals surface area contributed by atoms with Crippen molar-refractivity contribution in [3.8, 4) is 0 Å². The Bertz CT molecular complexity index is 594. The van der Waals surface area contributed by atoms with Crippen LogP contribution in [0.3, 0.4) is 0 Å². The molecule has 3 heterocycles. The van der Waals surface area contributed by atoms with Gasteiger partial charge in [0.05, 0.1) is 11.0 Å². The first kappa shape index (κ1) is 12.4. The van der Waals surface area contributed by atoms with Crippen molar-refractivity contribution in [2.75, 3.05) is 6.54 Å². The van der Waals surface area contributed by atoms with Crippen LogP contribution in [-0.2, 0) is 24.2 Å². The summed E-state index contributed by atoms with van der Waals surface area (Å²) in [5.41, 5.74) is 3.46. The van der Waals surface area contributed by atoms with Crippen molar-refractivity contribution in [3.05, 3.63) is 52.0 Å². The summed E-state index contributed by atoms with van der Waals surface area (Å²) in [5.74, 6) is 0.175. The Balaban J connectivity index is 1.69. The average molecular weight is 320 g/mol. The highest BCUT2D eigenvalue weighted by Crippen LogP contribution is 2.22. The summed E-state index contributed by atoms with van der Waals surface area (Å²) in [4.78, 5) is 21.4. The number of aromatic nitrogens is 2. The molecule has 1 aliphatic rings. The summed E-state index contributed by atoms with van der Waals surface area (Å²) in [6.45, 7) is 1.48. The Morgan fingerprint density at radius 3 is 3.00 bits per heavy atom. The maximum atomic E-state index is 12.3. The van der Waals surface area contributed by atoms with Crippen molar-refractivity contribution < 1.29 is 4.79 Å². The van der Waals surface area contributed by atoms with Crippen LogP contribution >= 0.6 is 15.9 Å². The fraction of sp³-hybridized carbons (Fsp3) is 0.286. The van der Waals surface area contributed by atoms with Crippen LogP contribution in [0.15, 0.2) is 35.2 Å². The molecule has 0 saturated carbocycles. The van der Waals surface area contributed by atoms with E-state index in [4.69, 9.17) is 0 Å². The number of nitrogens with one attached hydrogen (secondary N) is 1. The average Bonchev–Trinajstić information content (AvgIpc) is 2.78. The van der Waals surface area contributed by atoms with E-state index in [1.807, 2.05) is 17.0 Å². The number of fused-ring (bicyclic) bond motifs is 1. The van der Waals surface area contributed by atoms with Crippen molar-refractivity contribution in [3.63, 3.8) is 0 Å². The van der Waals surface area contributed by atoms with Crippen molar-refractivity contribution in [1.29, 1.82) is 0 Å². The molecule has 0 saturated heterocycles. The molecule has 1 N–H and O–H groups in total. The highest BCUT2D eigenvalue weighted by Gasteiger charge is 2.22. The van der Waals surface area contributed by atoms with Gasteiger partial charge in [0.15, 0.2) is 0 Å². The molecule has 0 bridgehead atoms. The molecule has 98 valence electrons. The number of carbonyl (C=O) groups is 1. The minimum atomic E-state index is 0.175. The first-order valence-corrected chi connectivity index (χ1v) is 7.04. The number of amides is 1. The summed E-state index contributed by atoms with van der Waals surface area (Å²) < 4.78 is 0.987. The van der Waals surface area contributed by atoms with Gasteiger partial charge in [-0.3, -0.25) is 9.78 Å². The van der Waals surface area contributed by atoms with Crippen LogP contribution in [0.4, 0.5) is 0 Å². The molecule has 0 unspecified atom stereocenters. The van der Waals surface area contributed by atoms with Gasteiger partial charge >= 0.3 is 0 Å². The monoisotopic (exact) mass is 319 g/mol. The van der Waals surface area contributed by atoms with E-state index in [1.54, 1.807) is 12.4 Å². The van der Waals surface area contributed by atoms with E-state index < -0.39 is 0 Å². The molecular formula is C14H14BrN3O. The van der Waals surface area contributed by atoms with Gasteiger partial charge in [0.25, 0.3) is 0 Å². The number of hydrogen-bond acceptors (Lipinski definition) is 2. The topological polar surface area (TPSA) is 49.0 Å². The Hall–Kier alpha value is -1.62. The lowest BCUT2D eigenvalue weighted by atomic mass is 10.1. The molecule has 5 heteroatoms. The van der Waals surface area contributed by atoms with Crippen LogP contribution in [0, 0.1) is 0 Å². The van der Waals surface area contributed by atoms with Gasteiger partial charge in [-0.25, -0.2) is 0 Å². The molecule has 0 fully saturated rings. The van der Waals surface area contributed by atoms with Crippen molar-refractivity contribution in [2.24, 2.45) is 0 Å². The predicted molar refractivity (Wildman–Crippen MR) is 75.6 cm³/mol. The second-order valence-electron chi connectivity index (χ2n) is 4.72. The number of halogens is 1. The number of carbonyl (C=O) groups excluding carboxylic acids is 1. The van der Waals surface area contributed by atoms with Gasteiger partial charge in [0.2, 0.25) is 5.91 Å². The SMILES string of the molecule is O=C(Cc1ccncc1)N1CCc2[nH]c(Br)cc2C1. The summed E-state index contributed by atoms with van der Waals surface area (Å²) in [6, 6.07) is 5.83. The Labute approximate surface area is 120 Å².